The van der Waals surface area contributed by atoms with E-state index in [9.17, 15) is 0 Å². The van der Waals surface area contributed by atoms with Crippen molar-refractivity contribution < 1.29 is 0 Å². The second-order valence-electron chi connectivity index (χ2n) is 5.18. The molecule has 1 N–H and O–H groups in total. The highest BCUT2D eigenvalue weighted by atomic mass is 14.7. The van der Waals surface area contributed by atoms with Gasteiger partial charge in [-0.05, 0) is 37.1 Å². The minimum Gasteiger partial charge on any atom is -0.354 e. The van der Waals surface area contributed by atoms with E-state index in [1.165, 1.54) is 16.7 Å². The monoisotopic (exact) mass is 260 g/mol. The zero-order valence-corrected chi connectivity index (χ0v) is 11.7. The van der Waals surface area contributed by atoms with Gasteiger partial charge in [-0.2, -0.15) is 5.26 Å². The average Bonchev–Trinajstić information content (AvgIpc) is 2.81. The second-order valence-corrected chi connectivity index (χ2v) is 5.18. The maximum atomic E-state index is 9.13. The van der Waals surface area contributed by atoms with Gasteiger partial charge in [0.1, 0.15) is 0 Å². The van der Waals surface area contributed by atoms with Crippen molar-refractivity contribution in [3.63, 3.8) is 0 Å². The van der Waals surface area contributed by atoms with Crippen molar-refractivity contribution in [3.05, 3.63) is 59.2 Å². The molecule has 0 atom stereocenters. The summed E-state index contributed by atoms with van der Waals surface area (Å²) in [5.41, 5.74) is 6.90. The van der Waals surface area contributed by atoms with Crippen molar-refractivity contribution in [2.45, 2.75) is 20.3 Å². The van der Waals surface area contributed by atoms with Crippen molar-refractivity contribution in [3.8, 4) is 17.3 Å². The van der Waals surface area contributed by atoms with Crippen LogP contribution in [0.4, 0.5) is 0 Å². The van der Waals surface area contributed by atoms with Crippen LogP contribution in [0.1, 0.15) is 16.7 Å². The molecule has 0 saturated carbocycles. The van der Waals surface area contributed by atoms with E-state index in [4.69, 9.17) is 5.26 Å². The van der Waals surface area contributed by atoms with Gasteiger partial charge in [0, 0.05) is 16.5 Å². The van der Waals surface area contributed by atoms with Crippen molar-refractivity contribution in [1.82, 2.24) is 4.98 Å². The summed E-state index contributed by atoms with van der Waals surface area (Å²) >= 11 is 0. The fraction of sp³-hybridized carbons (Fsp3) is 0.167. The topological polar surface area (TPSA) is 39.6 Å². The predicted molar refractivity (Wildman–Crippen MR) is 82.5 cm³/mol. The zero-order valence-electron chi connectivity index (χ0n) is 11.7. The lowest BCUT2D eigenvalue weighted by atomic mass is 9.98. The highest BCUT2D eigenvalue weighted by Crippen LogP contribution is 2.32. The van der Waals surface area contributed by atoms with Gasteiger partial charge in [0.15, 0.2) is 0 Å². The lowest BCUT2D eigenvalue weighted by Crippen LogP contribution is -1.90. The lowest BCUT2D eigenvalue weighted by molar-refractivity contribution is 1.26. The van der Waals surface area contributed by atoms with Gasteiger partial charge in [-0.25, -0.2) is 0 Å². The van der Waals surface area contributed by atoms with Crippen LogP contribution < -0.4 is 0 Å². The zero-order chi connectivity index (χ0) is 14.1. The van der Waals surface area contributed by atoms with Crippen LogP contribution in [0.25, 0.3) is 22.2 Å². The Bertz CT molecular complexity index is 819. The summed E-state index contributed by atoms with van der Waals surface area (Å²) in [5, 5.41) is 10.3. The standard InChI is InChI=1S/C18H16N2/c1-12-7-8-13(2)16(11-12)18-15(9-10-19)14-5-3-4-6-17(14)20-18/h3-8,11,20H,9H2,1-2H3. The number of hydrogen-bond acceptors (Lipinski definition) is 1. The number of nitriles is 1. The number of rotatable bonds is 2. The summed E-state index contributed by atoms with van der Waals surface area (Å²) in [7, 11) is 0. The Morgan fingerprint density at radius 2 is 1.90 bits per heavy atom. The molecular weight excluding hydrogens is 244 g/mol. The predicted octanol–water partition coefficient (Wildman–Crippen LogP) is 4.52. The first kappa shape index (κ1) is 12.5. The molecule has 0 bridgehead atoms. The molecular formula is C18H16N2. The first-order valence-corrected chi connectivity index (χ1v) is 6.75. The van der Waals surface area contributed by atoms with Crippen LogP contribution in [-0.2, 0) is 6.42 Å². The van der Waals surface area contributed by atoms with Crippen LogP contribution in [-0.4, -0.2) is 4.98 Å². The van der Waals surface area contributed by atoms with E-state index >= 15 is 0 Å². The molecule has 3 rings (SSSR count). The number of fused-ring (bicyclic) bond motifs is 1. The Hall–Kier alpha value is -2.53. The smallest absolute Gasteiger partial charge is 0.0670 e. The molecule has 1 aromatic heterocycles. The van der Waals surface area contributed by atoms with Crippen LogP contribution >= 0.6 is 0 Å². The Kier molecular flexibility index (Phi) is 3.04. The molecule has 0 spiro atoms. The van der Waals surface area contributed by atoms with Gasteiger partial charge >= 0.3 is 0 Å². The fourth-order valence-electron chi connectivity index (χ4n) is 2.70. The highest BCUT2D eigenvalue weighted by Gasteiger charge is 2.14. The molecule has 1 heterocycles. The van der Waals surface area contributed by atoms with Crippen LogP contribution in [0.3, 0.4) is 0 Å². The summed E-state index contributed by atoms with van der Waals surface area (Å²) in [5.74, 6) is 0. The van der Waals surface area contributed by atoms with Gasteiger partial charge in [0.05, 0.1) is 18.2 Å². The number of nitrogens with one attached hydrogen (secondary N) is 1. The van der Waals surface area contributed by atoms with Crippen LogP contribution in [0.5, 0.6) is 0 Å². The van der Waals surface area contributed by atoms with E-state index in [0.717, 1.165) is 22.2 Å². The molecule has 0 aliphatic carbocycles. The number of benzene rings is 2. The van der Waals surface area contributed by atoms with Gasteiger partial charge in [0.2, 0.25) is 0 Å². The van der Waals surface area contributed by atoms with Gasteiger partial charge in [-0.3, -0.25) is 0 Å². The van der Waals surface area contributed by atoms with E-state index in [1.54, 1.807) is 0 Å². The Morgan fingerprint density at radius 3 is 2.70 bits per heavy atom. The molecule has 98 valence electrons. The second kappa shape index (κ2) is 4.86. The number of nitrogens with zero attached hydrogens (tertiary/aromatic N) is 1. The molecule has 2 nitrogen and oxygen atoms in total. The molecule has 2 heteroatoms. The summed E-state index contributed by atoms with van der Waals surface area (Å²) in [6.07, 6.45) is 0.423. The first-order valence-electron chi connectivity index (χ1n) is 6.75. The van der Waals surface area contributed by atoms with Gasteiger partial charge in [0.25, 0.3) is 0 Å². The average molecular weight is 260 g/mol. The summed E-state index contributed by atoms with van der Waals surface area (Å²) in [6.45, 7) is 4.20. The normalized spacial score (nSPS) is 10.7. The minimum absolute atomic E-state index is 0.423. The third-order valence-electron chi connectivity index (χ3n) is 3.73. The van der Waals surface area contributed by atoms with E-state index in [-0.39, 0.29) is 0 Å². The third-order valence-corrected chi connectivity index (χ3v) is 3.73. The van der Waals surface area contributed by atoms with Crippen LogP contribution in [0.2, 0.25) is 0 Å². The van der Waals surface area contributed by atoms with Gasteiger partial charge < -0.3 is 4.98 Å². The van der Waals surface area contributed by atoms with Gasteiger partial charge in [-0.1, -0.05) is 35.9 Å². The number of H-pyrrole nitrogens is 1. The van der Waals surface area contributed by atoms with Crippen molar-refractivity contribution in [2.24, 2.45) is 0 Å². The molecule has 2 aromatic carbocycles. The minimum atomic E-state index is 0.423. The van der Waals surface area contributed by atoms with E-state index in [2.05, 4.69) is 55.2 Å². The molecule has 0 radical (unpaired) electrons. The SMILES string of the molecule is Cc1ccc(C)c(-c2[nH]c3ccccc3c2CC#N)c1. The molecule has 20 heavy (non-hydrogen) atoms. The highest BCUT2D eigenvalue weighted by molar-refractivity contribution is 5.91. The lowest BCUT2D eigenvalue weighted by Gasteiger charge is -2.07. The van der Waals surface area contributed by atoms with Crippen LogP contribution in [0, 0.1) is 25.2 Å². The number of aromatic amines is 1. The number of aryl methyl sites for hydroxylation is 2. The summed E-state index contributed by atoms with van der Waals surface area (Å²) < 4.78 is 0. The van der Waals surface area contributed by atoms with Crippen molar-refractivity contribution >= 4 is 10.9 Å². The molecule has 0 aliphatic rings. The van der Waals surface area contributed by atoms with Crippen LogP contribution in [0.15, 0.2) is 42.5 Å². The largest absolute Gasteiger partial charge is 0.354 e. The number of hydrogen-bond donors (Lipinski definition) is 1. The molecule has 0 fully saturated rings. The van der Waals surface area contributed by atoms with E-state index < -0.39 is 0 Å². The quantitative estimate of drug-likeness (QED) is 0.723. The first-order chi connectivity index (χ1) is 9.70. The maximum absolute atomic E-state index is 9.13. The molecule has 3 aromatic rings. The Morgan fingerprint density at radius 1 is 1.10 bits per heavy atom. The maximum Gasteiger partial charge on any atom is 0.0670 e. The Labute approximate surface area is 118 Å². The molecule has 0 amide bonds. The molecule has 0 saturated heterocycles. The summed E-state index contributed by atoms with van der Waals surface area (Å²) in [6, 6.07) is 16.9. The molecule has 0 aliphatic heterocycles. The van der Waals surface area contributed by atoms with E-state index in [0.29, 0.717) is 6.42 Å². The molecule has 0 unspecified atom stereocenters. The Balaban J connectivity index is 2.33. The summed E-state index contributed by atoms with van der Waals surface area (Å²) in [4.78, 5) is 3.48. The van der Waals surface area contributed by atoms with E-state index in [1.807, 2.05) is 12.1 Å². The number of para-hydroxylation sites is 1. The third kappa shape index (κ3) is 1.98. The van der Waals surface area contributed by atoms with Gasteiger partial charge in [-0.15, -0.1) is 0 Å². The van der Waals surface area contributed by atoms with Crippen molar-refractivity contribution in [2.75, 3.05) is 0 Å². The van der Waals surface area contributed by atoms with Crippen molar-refractivity contribution in [1.29, 1.82) is 5.26 Å². The number of aromatic nitrogens is 1. The fourth-order valence-corrected chi connectivity index (χ4v) is 2.70.